The predicted octanol–water partition coefficient (Wildman–Crippen LogP) is 3.15. The Morgan fingerprint density at radius 2 is 1.76 bits per heavy atom. The van der Waals surface area contributed by atoms with Crippen molar-refractivity contribution in [3.8, 4) is 0 Å². The quantitative estimate of drug-likeness (QED) is 0.798. The summed E-state index contributed by atoms with van der Waals surface area (Å²) in [5.74, 6) is -0.190. The number of amides is 1. The molecule has 0 saturated heterocycles. The summed E-state index contributed by atoms with van der Waals surface area (Å²) in [5, 5.41) is 8.44. The maximum Gasteiger partial charge on any atom is 0.274 e. The van der Waals surface area contributed by atoms with Crippen molar-refractivity contribution in [3.05, 3.63) is 76.7 Å². The first-order chi connectivity index (χ1) is 12.0. The zero-order valence-electron chi connectivity index (χ0n) is 14.2. The van der Waals surface area contributed by atoms with Gasteiger partial charge in [0.05, 0.1) is 17.5 Å². The van der Waals surface area contributed by atoms with E-state index in [2.05, 4.69) is 17.0 Å². The number of aryl methyl sites for hydroxylation is 1. The van der Waals surface area contributed by atoms with Gasteiger partial charge in [-0.1, -0.05) is 43.0 Å². The minimum absolute atomic E-state index is 0.0825. The van der Waals surface area contributed by atoms with Crippen LogP contribution in [0.1, 0.15) is 18.2 Å². The standard InChI is InChI=1S/C20H19N3O2/c1-13(2)14-8-6-7-11-17(14)21-19(24)12-18-15-9-4-5-10-16(15)20(25)23(3)22-18/h4-11H,1,12H2,2-3H3,(H,21,24). The smallest absolute Gasteiger partial charge is 0.274 e. The monoisotopic (exact) mass is 333 g/mol. The van der Waals surface area contributed by atoms with Crippen molar-refractivity contribution in [1.29, 1.82) is 0 Å². The minimum Gasteiger partial charge on any atom is -0.325 e. The number of hydrogen-bond acceptors (Lipinski definition) is 3. The number of para-hydroxylation sites is 1. The van der Waals surface area contributed by atoms with Gasteiger partial charge in [0.2, 0.25) is 5.91 Å². The van der Waals surface area contributed by atoms with Crippen molar-refractivity contribution in [1.82, 2.24) is 9.78 Å². The number of rotatable bonds is 4. The fourth-order valence-corrected chi connectivity index (χ4v) is 2.82. The molecular formula is C20H19N3O2. The molecule has 0 fully saturated rings. The van der Waals surface area contributed by atoms with Gasteiger partial charge in [-0.25, -0.2) is 4.68 Å². The highest BCUT2D eigenvalue weighted by Gasteiger charge is 2.13. The molecule has 0 unspecified atom stereocenters. The molecule has 0 aliphatic rings. The lowest BCUT2D eigenvalue weighted by Crippen LogP contribution is -2.24. The summed E-state index contributed by atoms with van der Waals surface area (Å²) in [4.78, 5) is 24.7. The maximum atomic E-state index is 12.5. The summed E-state index contributed by atoms with van der Waals surface area (Å²) >= 11 is 0. The first kappa shape index (κ1) is 16.6. The van der Waals surface area contributed by atoms with Gasteiger partial charge in [0.25, 0.3) is 5.56 Å². The number of carbonyl (C=O) groups is 1. The van der Waals surface area contributed by atoms with E-state index in [4.69, 9.17) is 0 Å². The molecule has 0 radical (unpaired) electrons. The van der Waals surface area contributed by atoms with Gasteiger partial charge in [0.1, 0.15) is 0 Å². The fraction of sp³-hybridized carbons (Fsp3) is 0.150. The normalized spacial score (nSPS) is 10.6. The van der Waals surface area contributed by atoms with Crippen molar-refractivity contribution in [2.24, 2.45) is 7.05 Å². The average Bonchev–Trinajstić information content (AvgIpc) is 2.59. The van der Waals surface area contributed by atoms with Gasteiger partial charge in [0, 0.05) is 23.7 Å². The number of carbonyl (C=O) groups excluding carboxylic acids is 1. The number of allylic oxidation sites excluding steroid dienone is 1. The van der Waals surface area contributed by atoms with Crippen molar-refractivity contribution >= 4 is 27.9 Å². The second-order valence-corrected chi connectivity index (χ2v) is 5.97. The molecule has 0 bridgehead atoms. The molecule has 1 N–H and O–H groups in total. The molecule has 1 aromatic heterocycles. The van der Waals surface area contributed by atoms with Gasteiger partial charge >= 0.3 is 0 Å². The van der Waals surface area contributed by atoms with E-state index in [0.29, 0.717) is 22.2 Å². The summed E-state index contributed by atoms with van der Waals surface area (Å²) in [6.45, 7) is 5.83. The first-order valence-electron chi connectivity index (χ1n) is 7.97. The van der Waals surface area contributed by atoms with Crippen LogP contribution in [-0.2, 0) is 18.3 Å². The maximum absolute atomic E-state index is 12.5. The molecule has 0 saturated carbocycles. The molecule has 2 aromatic carbocycles. The largest absolute Gasteiger partial charge is 0.325 e. The van der Waals surface area contributed by atoms with Gasteiger partial charge in [0.15, 0.2) is 0 Å². The second-order valence-electron chi connectivity index (χ2n) is 5.97. The SMILES string of the molecule is C=C(C)c1ccccc1NC(=O)Cc1nn(C)c(=O)c2ccccc12. The van der Waals surface area contributed by atoms with Crippen molar-refractivity contribution in [3.63, 3.8) is 0 Å². The lowest BCUT2D eigenvalue weighted by molar-refractivity contribution is -0.115. The molecule has 126 valence electrons. The third kappa shape index (κ3) is 3.35. The summed E-state index contributed by atoms with van der Waals surface area (Å²) in [6, 6.07) is 14.7. The van der Waals surface area contributed by atoms with E-state index in [1.165, 1.54) is 4.68 Å². The van der Waals surface area contributed by atoms with Crippen LogP contribution in [0.25, 0.3) is 16.3 Å². The van der Waals surface area contributed by atoms with Crippen LogP contribution in [-0.4, -0.2) is 15.7 Å². The van der Waals surface area contributed by atoms with Crippen LogP contribution >= 0.6 is 0 Å². The highest BCUT2D eigenvalue weighted by molar-refractivity contribution is 5.97. The zero-order chi connectivity index (χ0) is 18.0. The molecule has 0 aliphatic heterocycles. The summed E-state index contributed by atoms with van der Waals surface area (Å²) < 4.78 is 1.27. The van der Waals surface area contributed by atoms with Crippen LogP contribution in [0.4, 0.5) is 5.69 Å². The molecule has 0 aliphatic carbocycles. The Kier molecular flexibility index (Phi) is 4.48. The highest BCUT2D eigenvalue weighted by Crippen LogP contribution is 2.22. The van der Waals surface area contributed by atoms with Gasteiger partial charge in [-0.15, -0.1) is 0 Å². The second kappa shape index (κ2) is 6.73. The number of aromatic nitrogens is 2. The molecular weight excluding hydrogens is 314 g/mol. The number of benzene rings is 2. The summed E-state index contributed by atoms with van der Waals surface area (Å²) in [7, 11) is 1.59. The lowest BCUT2D eigenvalue weighted by atomic mass is 10.1. The van der Waals surface area contributed by atoms with E-state index in [0.717, 1.165) is 11.1 Å². The average molecular weight is 333 g/mol. The molecule has 1 heterocycles. The fourth-order valence-electron chi connectivity index (χ4n) is 2.82. The van der Waals surface area contributed by atoms with Gasteiger partial charge < -0.3 is 5.32 Å². The molecule has 5 heteroatoms. The molecule has 3 aromatic rings. The van der Waals surface area contributed by atoms with E-state index in [9.17, 15) is 9.59 Å². The van der Waals surface area contributed by atoms with Crippen molar-refractivity contribution in [2.75, 3.05) is 5.32 Å². The Bertz CT molecular complexity index is 1030. The van der Waals surface area contributed by atoms with Crippen LogP contribution in [0, 0.1) is 0 Å². The Labute approximate surface area is 145 Å². The Hall–Kier alpha value is -3.21. The molecule has 5 nitrogen and oxygen atoms in total. The van der Waals surface area contributed by atoms with E-state index in [-0.39, 0.29) is 17.9 Å². The topological polar surface area (TPSA) is 64.0 Å². The Morgan fingerprint density at radius 1 is 1.12 bits per heavy atom. The van der Waals surface area contributed by atoms with Crippen LogP contribution in [0.2, 0.25) is 0 Å². The molecule has 25 heavy (non-hydrogen) atoms. The van der Waals surface area contributed by atoms with Crippen LogP contribution < -0.4 is 10.9 Å². The molecule has 3 rings (SSSR count). The third-order valence-corrected chi connectivity index (χ3v) is 4.02. The van der Waals surface area contributed by atoms with Crippen LogP contribution in [0.5, 0.6) is 0 Å². The summed E-state index contributed by atoms with van der Waals surface area (Å²) in [6.07, 6.45) is 0.0825. The number of hydrogen-bond donors (Lipinski definition) is 1. The Morgan fingerprint density at radius 3 is 2.48 bits per heavy atom. The van der Waals surface area contributed by atoms with Crippen LogP contribution in [0.15, 0.2) is 59.9 Å². The molecule has 0 atom stereocenters. The van der Waals surface area contributed by atoms with E-state index >= 15 is 0 Å². The van der Waals surface area contributed by atoms with Crippen molar-refractivity contribution in [2.45, 2.75) is 13.3 Å². The lowest BCUT2D eigenvalue weighted by Gasteiger charge is -2.12. The predicted molar refractivity (Wildman–Crippen MR) is 100 cm³/mol. The number of nitrogens with zero attached hydrogens (tertiary/aromatic N) is 2. The van der Waals surface area contributed by atoms with E-state index < -0.39 is 0 Å². The van der Waals surface area contributed by atoms with E-state index in [1.54, 1.807) is 19.2 Å². The number of fused-ring (bicyclic) bond motifs is 1. The zero-order valence-corrected chi connectivity index (χ0v) is 14.2. The van der Waals surface area contributed by atoms with Crippen molar-refractivity contribution < 1.29 is 4.79 Å². The highest BCUT2D eigenvalue weighted by atomic mass is 16.1. The molecule has 1 amide bonds. The van der Waals surface area contributed by atoms with Gasteiger partial charge in [-0.2, -0.15) is 5.10 Å². The number of nitrogens with one attached hydrogen (secondary N) is 1. The van der Waals surface area contributed by atoms with Gasteiger partial charge in [-0.3, -0.25) is 9.59 Å². The first-order valence-corrected chi connectivity index (χ1v) is 7.97. The van der Waals surface area contributed by atoms with E-state index in [1.807, 2.05) is 43.3 Å². The molecule has 0 spiro atoms. The minimum atomic E-state index is -0.190. The number of anilines is 1. The summed E-state index contributed by atoms with van der Waals surface area (Å²) in [5.41, 5.74) is 2.89. The van der Waals surface area contributed by atoms with Crippen LogP contribution in [0.3, 0.4) is 0 Å². The van der Waals surface area contributed by atoms with Gasteiger partial charge in [-0.05, 0) is 24.6 Å². The Balaban J connectivity index is 1.93. The third-order valence-electron chi connectivity index (χ3n) is 4.02.